The Morgan fingerprint density at radius 2 is 2.22 bits per heavy atom. The molecule has 0 bridgehead atoms. The monoisotopic (exact) mass is 251 g/mol. The van der Waals surface area contributed by atoms with E-state index in [1.165, 1.54) is 7.11 Å². The van der Waals surface area contributed by atoms with Gasteiger partial charge in [-0.15, -0.1) is 0 Å². The topological polar surface area (TPSA) is 56.8 Å². The zero-order valence-corrected chi connectivity index (χ0v) is 10.3. The highest BCUT2D eigenvalue weighted by Gasteiger charge is 2.17. The van der Waals surface area contributed by atoms with E-state index in [9.17, 15) is 4.79 Å². The van der Waals surface area contributed by atoms with E-state index in [0.717, 1.165) is 19.3 Å². The van der Waals surface area contributed by atoms with Gasteiger partial charge in [-0.3, -0.25) is 4.79 Å². The van der Waals surface area contributed by atoms with Crippen LogP contribution in [0.15, 0.2) is 24.3 Å². The number of carbonyl (C=O) groups is 1. The molecule has 1 fully saturated rings. The minimum Gasteiger partial charge on any atom is -0.496 e. The highest BCUT2D eigenvalue weighted by Crippen LogP contribution is 2.17. The van der Waals surface area contributed by atoms with Crippen LogP contribution in [-0.4, -0.2) is 25.9 Å². The summed E-state index contributed by atoms with van der Waals surface area (Å²) in [5, 5.41) is 0. The molecule has 98 valence electrons. The molecule has 1 aliphatic rings. The minimum absolute atomic E-state index is 0.332. The van der Waals surface area contributed by atoms with Crippen LogP contribution in [0.3, 0.4) is 0 Å². The van der Waals surface area contributed by atoms with Crippen molar-refractivity contribution >= 4 is 5.91 Å². The minimum atomic E-state index is -0.350. The number of amides is 1. The van der Waals surface area contributed by atoms with Gasteiger partial charge in [0, 0.05) is 13.0 Å². The van der Waals surface area contributed by atoms with Crippen LogP contribution in [0.5, 0.6) is 5.75 Å². The number of hydroxylamine groups is 1. The lowest BCUT2D eigenvalue weighted by molar-refractivity contribution is -0.186. The van der Waals surface area contributed by atoms with Gasteiger partial charge in [-0.2, -0.15) is 0 Å². The number of para-hydroxylation sites is 1. The molecule has 0 radical (unpaired) electrons. The number of benzene rings is 1. The van der Waals surface area contributed by atoms with Crippen LogP contribution in [-0.2, 0) is 9.57 Å². The van der Waals surface area contributed by atoms with Gasteiger partial charge in [0.1, 0.15) is 5.75 Å². The Balaban J connectivity index is 1.90. The number of hydrogen-bond acceptors (Lipinski definition) is 4. The molecular formula is C13H17NO4. The van der Waals surface area contributed by atoms with Gasteiger partial charge in [-0.25, -0.2) is 10.3 Å². The Morgan fingerprint density at radius 3 is 2.94 bits per heavy atom. The van der Waals surface area contributed by atoms with Crippen LogP contribution in [0.25, 0.3) is 0 Å². The van der Waals surface area contributed by atoms with E-state index < -0.39 is 0 Å². The highest BCUT2D eigenvalue weighted by atomic mass is 16.8. The van der Waals surface area contributed by atoms with Crippen molar-refractivity contribution < 1.29 is 19.1 Å². The molecule has 2 rings (SSSR count). The Kier molecular flexibility index (Phi) is 4.55. The summed E-state index contributed by atoms with van der Waals surface area (Å²) in [6.45, 7) is 0.676. The first-order valence-electron chi connectivity index (χ1n) is 6.02. The smallest absolute Gasteiger partial charge is 0.278 e. The zero-order chi connectivity index (χ0) is 12.8. The number of ether oxygens (including phenoxy) is 2. The molecule has 1 atom stereocenters. The van der Waals surface area contributed by atoms with Crippen LogP contribution in [0.2, 0.25) is 0 Å². The summed E-state index contributed by atoms with van der Waals surface area (Å²) in [4.78, 5) is 17.1. The second kappa shape index (κ2) is 6.37. The lowest BCUT2D eigenvalue weighted by Crippen LogP contribution is -2.33. The lowest BCUT2D eigenvalue weighted by Gasteiger charge is -2.22. The lowest BCUT2D eigenvalue weighted by atomic mass is 10.2. The van der Waals surface area contributed by atoms with E-state index in [0.29, 0.717) is 17.9 Å². The molecule has 18 heavy (non-hydrogen) atoms. The molecule has 0 spiro atoms. The van der Waals surface area contributed by atoms with Crippen LogP contribution >= 0.6 is 0 Å². The average molecular weight is 251 g/mol. The zero-order valence-electron chi connectivity index (χ0n) is 10.3. The second-order valence-electron chi connectivity index (χ2n) is 4.05. The van der Waals surface area contributed by atoms with E-state index in [1.54, 1.807) is 24.3 Å². The van der Waals surface area contributed by atoms with Gasteiger partial charge < -0.3 is 9.47 Å². The van der Waals surface area contributed by atoms with Crippen molar-refractivity contribution in [1.82, 2.24) is 5.48 Å². The van der Waals surface area contributed by atoms with Gasteiger partial charge in [-0.05, 0) is 25.0 Å². The highest BCUT2D eigenvalue weighted by molar-refractivity contribution is 5.96. The normalized spacial score (nSPS) is 19.3. The first-order valence-corrected chi connectivity index (χ1v) is 6.02. The Morgan fingerprint density at radius 1 is 1.39 bits per heavy atom. The molecule has 5 heteroatoms. The molecule has 1 aliphatic heterocycles. The van der Waals surface area contributed by atoms with Crippen LogP contribution in [0, 0.1) is 0 Å². The number of hydrogen-bond donors (Lipinski definition) is 1. The van der Waals surface area contributed by atoms with Gasteiger partial charge in [0.05, 0.1) is 12.7 Å². The maximum absolute atomic E-state index is 11.9. The molecule has 1 saturated heterocycles. The summed E-state index contributed by atoms with van der Waals surface area (Å²) >= 11 is 0. The van der Waals surface area contributed by atoms with Crippen molar-refractivity contribution in [3.05, 3.63) is 29.8 Å². The largest absolute Gasteiger partial charge is 0.496 e. The molecular weight excluding hydrogens is 234 g/mol. The van der Waals surface area contributed by atoms with Crippen molar-refractivity contribution in [2.75, 3.05) is 13.7 Å². The van der Waals surface area contributed by atoms with E-state index in [1.807, 2.05) is 0 Å². The van der Waals surface area contributed by atoms with Gasteiger partial charge in [0.2, 0.25) is 0 Å². The van der Waals surface area contributed by atoms with Crippen LogP contribution in [0.4, 0.5) is 0 Å². The van der Waals surface area contributed by atoms with Gasteiger partial charge in [0.15, 0.2) is 6.29 Å². The van der Waals surface area contributed by atoms with E-state index >= 15 is 0 Å². The predicted molar refractivity (Wildman–Crippen MR) is 65.1 cm³/mol. The third kappa shape index (κ3) is 3.21. The fourth-order valence-electron chi connectivity index (χ4n) is 1.81. The number of methoxy groups -OCH3 is 1. The third-order valence-electron chi connectivity index (χ3n) is 2.77. The molecule has 1 N–H and O–H groups in total. The molecule has 0 unspecified atom stereocenters. The van der Waals surface area contributed by atoms with Crippen molar-refractivity contribution in [2.24, 2.45) is 0 Å². The maximum atomic E-state index is 11.9. The van der Waals surface area contributed by atoms with Crippen LogP contribution in [0.1, 0.15) is 29.6 Å². The summed E-state index contributed by atoms with van der Waals surface area (Å²) in [7, 11) is 1.53. The Bertz CT molecular complexity index is 402. The van der Waals surface area contributed by atoms with Gasteiger partial charge >= 0.3 is 0 Å². The van der Waals surface area contributed by atoms with Crippen molar-refractivity contribution in [1.29, 1.82) is 0 Å². The van der Waals surface area contributed by atoms with Crippen molar-refractivity contribution in [2.45, 2.75) is 25.6 Å². The quantitative estimate of drug-likeness (QED) is 0.830. The molecule has 0 saturated carbocycles. The SMILES string of the molecule is COc1ccccc1C(=O)NO[C@H]1CCCCO1. The van der Waals surface area contributed by atoms with Gasteiger partial charge in [-0.1, -0.05) is 12.1 Å². The number of rotatable bonds is 4. The van der Waals surface area contributed by atoms with E-state index in [4.69, 9.17) is 14.3 Å². The van der Waals surface area contributed by atoms with E-state index in [-0.39, 0.29) is 12.2 Å². The summed E-state index contributed by atoms with van der Waals surface area (Å²) in [5.41, 5.74) is 2.84. The maximum Gasteiger partial charge on any atom is 0.278 e. The molecule has 0 aliphatic carbocycles. The third-order valence-corrected chi connectivity index (χ3v) is 2.77. The Labute approximate surface area is 106 Å². The summed E-state index contributed by atoms with van der Waals surface area (Å²) in [6.07, 6.45) is 2.54. The predicted octanol–water partition coefficient (Wildman–Crippen LogP) is 1.88. The van der Waals surface area contributed by atoms with Gasteiger partial charge in [0.25, 0.3) is 5.91 Å². The summed E-state index contributed by atoms with van der Waals surface area (Å²) in [6, 6.07) is 6.99. The molecule has 0 aromatic heterocycles. The average Bonchev–Trinajstić information content (AvgIpc) is 2.45. The number of carbonyl (C=O) groups excluding carboxylic acids is 1. The summed E-state index contributed by atoms with van der Waals surface area (Å²) in [5.74, 6) is 0.185. The van der Waals surface area contributed by atoms with Crippen LogP contribution < -0.4 is 10.2 Å². The summed E-state index contributed by atoms with van der Waals surface area (Å²) < 4.78 is 10.5. The number of nitrogens with one attached hydrogen (secondary N) is 1. The first kappa shape index (κ1) is 12.9. The van der Waals surface area contributed by atoms with Crippen molar-refractivity contribution in [3.8, 4) is 5.75 Å². The first-order chi connectivity index (χ1) is 8.81. The second-order valence-corrected chi connectivity index (χ2v) is 4.05. The fraction of sp³-hybridized carbons (Fsp3) is 0.462. The molecule has 1 amide bonds. The molecule has 1 heterocycles. The molecule has 5 nitrogen and oxygen atoms in total. The van der Waals surface area contributed by atoms with E-state index in [2.05, 4.69) is 5.48 Å². The standard InChI is InChI=1S/C13H17NO4/c1-16-11-7-3-2-6-10(11)13(15)14-18-12-8-4-5-9-17-12/h2-3,6-7,12H,4-5,8-9H2,1H3,(H,14,15)/t12-/m0/s1. The molecule has 1 aromatic rings. The molecule has 1 aromatic carbocycles. The Hall–Kier alpha value is -1.59. The van der Waals surface area contributed by atoms with Crippen molar-refractivity contribution in [3.63, 3.8) is 0 Å². The fourth-order valence-corrected chi connectivity index (χ4v) is 1.81.